The molecule has 234 valence electrons. The standard InChI is InChI=1S/C43H42N4/c1-41(2,3)36-25-23-31(37(44-36)42(4,5)6)27-18-20-29(21-19-27)39-45-38(28-14-10-9-11-15-28)46-40(47-39)30-22-24-35-33(26-30)32-16-12-13-17-34(32)43(35,7)8/h9-26H,1-8H3. The SMILES string of the molecule is CC(C)(C)c1ccc(-c2ccc(-c3nc(-c4ccccc4)nc(-c4ccc5c(c4)-c4ccccc4C5(C)C)n3)cc2)c(C(C)(C)C)n1. The summed E-state index contributed by atoms with van der Waals surface area (Å²) in [6, 6.07) is 38.5. The minimum atomic E-state index is -0.103. The largest absolute Gasteiger partial charge is 0.256 e. The number of benzene rings is 4. The number of rotatable bonds is 4. The first-order valence-corrected chi connectivity index (χ1v) is 16.5. The molecular weight excluding hydrogens is 573 g/mol. The molecule has 0 aliphatic heterocycles. The summed E-state index contributed by atoms with van der Waals surface area (Å²) in [7, 11) is 0. The summed E-state index contributed by atoms with van der Waals surface area (Å²) in [5, 5.41) is 0. The van der Waals surface area contributed by atoms with Crippen molar-refractivity contribution in [1.82, 2.24) is 19.9 Å². The predicted octanol–water partition coefficient (Wildman–Crippen LogP) is 10.8. The van der Waals surface area contributed by atoms with Crippen LogP contribution in [0.2, 0.25) is 0 Å². The van der Waals surface area contributed by atoms with Crippen molar-refractivity contribution >= 4 is 0 Å². The molecule has 0 fully saturated rings. The van der Waals surface area contributed by atoms with Gasteiger partial charge in [0.05, 0.1) is 5.69 Å². The lowest BCUT2D eigenvalue weighted by atomic mass is 9.82. The van der Waals surface area contributed by atoms with E-state index in [0.717, 1.165) is 39.2 Å². The van der Waals surface area contributed by atoms with Crippen molar-refractivity contribution in [1.29, 1.82) is 0 Å². The Balaban J connectivity index is 1.33. The van der Waals surface area contributed by atoms with E-state index in [9.17, 15) is 0 Å². The summed E-state index contributed by atoms with van der Waals surface area (Å²) >= 11 is 0. The maximum absolute atomic E-state index is 5.18. The Morgan fingerprint density at radius 2 is 0.957 bits per heavy atom. The monoisotopic (exact) mass is 614 g/mol. The molecule has 4 heteroatoms. The van der Waals surface area contributed by atoms with Gasteiger partial charge >= 0.3 is 0 Å². The molecule has 0 saturated carbocycles. The minimum absolute atomic E-state index is 0.0202. The molecular formula is C43H42N4. The topological polar surface area (TPSA) is 51.6 Å². The second kappa shape index (κ2) is 11.1. The lowest BCUT2D eigenvalue weighted by Crippen LogP contribution is -2.20. The fraction of sp³-hybridized carbons (Fsp3) is 0.256. The van der Waals surface area contributed by atoms with E-state index < -0.39 is 0 Å². The summed E-state index contributed by atoms with van der Waals surface area (Å²) in [6.45, 7) is 17.9. The number of fused-ring (bicyclic) bond motifs is 3. The van der Waals surface area contributed by atoms with Gasteiger partial charge in [-0.1, -0.05) is 152 Å². The molecule has 2 heterocycles. The Labute approximate surface area is 279 Å². The quantitative estimate of drug-likeness (QED) is 0.198. The number of hydrogen-bond donors (Lipinski definition) is 0. The lowest BCUT2D eigenvalue weighted by Gasteiger charge is -2.26. The molecule has 47 heavy (non-hydrogen) atoms. The second-order valence-corrected chi connectivity index (χ2v) is 15.3. The van der Waals surface area contributed by atoms with Crippen molar-refractivity contribution in [3.8, 4) is 56.4 Å². The van der Waals surface area contributed by atoms with Gasteiger partial charge in [0, 0.05) is 44.2 Å². The maximum atomic E-state index is 5.18. The van der Waals surface area contributed by atoms with Crippen molar-refractivity contribution in [3.05, 3.63) is 132 Å². The smallest absolute Gasteiger partial charge is 0.164 e. The van der Waals surface area contributed by atoms with Crippen LogP contribution in [-0.2, 0) is 16.2 Å². The summed E-state index contributed by atoms with van der Waals surface area (Å²) in [5.41, 5.74) is 12.4. The summed E-state index contributed by atoms with van der Waals surface area (Å²) < 4.78 is 0. The molecule has 0 amide bonds. The van der Waals surface area contributed by atoms with Crippen LogP contribution in [0.25, 0.3) is 56.4 Å². The van der Waals surface area contributed by atoms with Crippen LogP contribution >= 0.6 is 0 Å². The highest BCUT2D eigenvalue weighted by Crippen LogP contribution is 2.49. The Morgan fingerprint density at radius 1 is 0.426 bits per heavy atom. The normalized spacial score (nSPS) is 13.7. The fourth-order valence-corrected chi connectivity index (χ4v) is 6.69. The zero-order chi connectivity index (χ0) is 33.1. The molecule has 0 radical (unpaired) electrons. The van der Waals surface area contributed by atoms with Crippen molar-refractivity contribution < 1.29 is 0 Å². The third kappa shape index (κ3) is 5.56. The molecule has 0 atom stereocenters. The van der Waals surface area contributed by atoms with Gasteiger partial charge < -0.3 is 0 Å². The van der Waals surface area contributed by atoms with Crippen molar-refractivity contribution in [2.24, 2.45) is 0 Å². The number of pyridine rings is 1. The Morgan fingerprint density at radius 3 is 1.60 bits per heavy atom. The van der Waals surface area contributed by atoms with Gasteiger partial charge in [-0.2, -0.15) is 0 Å². The fourth-order valence-electron chi connectivity index (χ4n) is 6.69. The zero-order valence-corrected chi connectivity index (χ0v) is 28.7. The lowest BCUT2D eigenvalue weighted by molar-refractivity contribution is 0.532. The van der Waals surface area contributed by atoms with Crippen LogP contribution < -0.4 is 0 Å². The molecule has 6 aromatic rings. The van der Waals surface area contributed by atoms with Gasteiger partial charge in [-0.15, -0.1) is 0 Å². The van der Waals surface area contributed by atoms with Crippen LogP contribution in [0.1, 0.15) is 77.9 Å². The van der Waals surface area contributed by atoms with Crippen molar-refractivity contribution in [2.75, 3.05) is 0 Å². The van der Waals surface area contributed by atoms with Crippen LogP contribution in [0, 0.1) is 0 Å². The second-order valence-electron chi connectivity index (χ2n) is 15.3. The van der Waals surface area contributed by atoms with Gasteiger partial charge in [0.25, 0.3) is 0 Å². The van der Waals surface area contributed by atoms with Crippen molar-refractivity contribution in [2.45, 2.75) is 71.6 Å². The molecule has 4 nitrogen and oxygen atoms in total. The van der Waals surface area contributed by atoms with Crippen LogP contribution in [-0.4, -0.2) is 19.9 Å². The minimum Gasteiger partial charge on any atom is -0.256 e. The molecule has 7 rings (SSSR count). The highest BCUT2D eigenvalue weighted by molar-refractivity contribution is 5.84. The van der Waals surface area contributed by atoms with E-state index >= 15 is 0 Å². The first-order valence-electron chi connectivity index (χ1n) is 16.5. The van der Waals surface area contributed by atoms with E-state index in [1.165, 1.54) is 22.3 Å². The van der Waals surface area contributed by atoms with Gasteiger partial charge in [0.2, 0.25) is 0 Å². The first-order chi connectivity index (χ1) is 22.3. The van der Waals surface area contributed by atoms with Crippen LogP contribution in [0.3, 0.4) is 0 Å². The molecule has 1 aliphatic carbocycles. The van der Waals surface area contributed by atoms with Gasteiger partial charge in [-0.25, -0.2) is 15.0 Å². The van der Waals surface area contributed by atoms with Crippen LogP contribution in [0.15, 0.2) is 109 Å². The van der Waals surface area contributed by atoms with E-state index in [4.69, 9.17) is 19.9 Å². The summed E-state index contributed by atoms with van der Waals surface area (Å²) in [5.74, 6) is 1.98. The molecule has 0 bridgehead atoms. The van der Waals surface area contributed by atoms with Gasteiger partial charge in [-0.05, 0) is 39.9 Å². The maximum Gasteiger partial charge on any atom is 0.164 e. The first kappa shape index (κ1) is 30.7. The van der Waals surface area contributed by atoms with E-state index in [1.54, 1.807) is 0 Å². The Kier molecular flexibility index (Phi) is 7.24. The molecule has 0 N–H and O–H groups in total. The summed E-state index contributed by atoms with van der Waals surface area (Å²) in [6.07, 6.45) is 0. The zero-order valence-electron chi connectivity index (χ0n) is 28.7. The molecule has 4 aromatic carbocycles. The average molecular weight is 615 g/mol. The Hall–Kier alpha value is -4.96. The number of aromatic nitrogens is 4. The third-order valence-corrected chi connectivity index (χ3v) is 9.34. The van der Waals surface area contributed by atoms with Gasteiger partial charge in [-0.3, -0.25) is 4.98 Å². The highest BCUT2D eigenvalue weighted by atomic mass is 15.0. The van der Waals surface area contributed by atoms with Gasteiger partial charge in [0.1, 0.15) is 0 Å². The molecule has 0 spiro atoms. The van der Waals surface area contributed by atoms with E-state index in [2.05, 4.69) is 146 Å². The number of hydrogen-bond acceptors (Lipinski definition) is 4. The molecule has 0 saturated heterocycles. The van der Waals surface area contributed by atoms with E-state index in [0.29, 0.717) is 17.5 Å². The third-order valence-electron chi connectivity index (χ3n) is 9.34. The number of nitrogens with zero attached hydrogens (tertiary/aromatic N) is 4. The highest BCUT2D eigenvalue weighted by Gasteiger charge is 2.35. The molecule has 2 aromatic heterocycles. The molecule has 0 unspecified atom stereocenters. The van der Waals surface area contributed by atoms with E-state index in [-0.39, 0.29) is 16.2 Å². The molecule has 1 aliphatic rings. The van der Waals surface area contributed by atoms with E-state index in [1.807, 2.05) is 18.2 Å². The van der Waals surface area contributed by atoms with Crippen LogP contribution in [0.4, 0.5) is 0 Å². The van der Waals surface area contributed by atoms with Crippen LogP contribution in [0.5, 0.6) is 0 Å². The van der Waals surface area contributed by atoms with Crippen molar-refractivity contribution in [3.63, 3.8) is 0 Å². The average Bonchev–Trinajstić information content (AvgIpc) is 3.29. The predicted molar refractivity (Wildman–Crippen MR) is 194 cm³/mol. The Bertz CT molecular complexity index is 2110. The summed E-state index contributed by atoms with van der Waals surface area (Å²) in [4.78, 5) is 20.3. The van der Waals surface area contributed by atoms with Gasteiger partial charge in [0.15, 0.2) is 17.5 Å².